The molecule has 2 N–H and O–H groups in total. The molecular weight excluding hydrogens is 294 g/mol. The highest BCUT2D eigenvalue weighted by Gasteiger charge is 2.31. The van der Waals surface area contributed by atoms with Gasteiger partial charge in [0.15, 0.2) is 0 Å². The highest BCUT2D eigenvalue weighted by molar-refractivity contribution is 7.13. The van der Waals surface area contributed by atoms with Crippen LogP contribution in [0.5, 0.6) is 0 Å². The SMILES string of the molecule is O=C(O)N1CCC(C(O)c2nnc(-c3cccs3)o2)CC1. The van der Waals surface area contributed by atoms with Gasteiger partial charge in [0.05, 0.1) is 4.88 Å². The molecule has 1 aliphatic rings. The number of thiophene rings is 1. The maximum atomic E-state index is 10.9. The molecule has 112 valence electrons. The second-order valence-corrected chi connectivity index (χ2v) is 5.92. The predicted octanol–water partition coefficient (Wildman–Crippen LogP) is 2.22. The molecule has 1 atom stereocenters. The molecule has 21 heavy (non-hydrogen) atoms. The summed E-state index contributed by atoms with van der Waals surface area (Å²) in [6, 6.07) is 3.77. The molecule has 3 heterocycles. The molecular formula is C13H15N3O4S. The molecule has 3 rings (SSSR count). The minimum Gasteiger partial charge on any atom is -0.465 e. The van der Waals surface area contributed by atoms with Gasteiger partial charge in [0.25, 0.3) is 5.89 Å². The van der Waals surface area contributed by atoms with Crippen molar-refractivity contribution in [2.45, 2.75) is 18.9 Å². The summed E-state index contributed by atoms with van der Waals surface area (Å²) in [5.74, 6) is 0.548. The maximum Gasteiger partial charge on any atom is 0.407 e. The van der Waals surface area contributed by atoms with E-state index in [9.17, 15) is 9.90 Å². The van der Waals surface area contributed by atoms with Gasteiger partial charge in [-0.3, -0.25) is 0 Å². The van der Waals surface area contributed by atoms with E-state index in [1.165, 1.54) is 16.2 Å². The number of aliphatic hydroxyl groups excluding tert-OH is 1. The lowest BCUT2D eigenvalue weighted by Gasteiger charge is -2.31. The Morgan fingerprint density at radius 3 is 2.81 bits per heavy atom. The van der Waals surface area contributed by atoms with E-state index in [4.69, 9.17) is 9.52 Å². The van der Waals surface area contributed by atoms with Crippen LogP contribution >= 0.6 is 11.3 Å². The number of carbonyl (C=O) groups is 1. The van der Waals surface area contributed by atoms with E-state index in [1.54, 1.807) is 0 Å². The fraction of sp³-hybridized carbons (Fsp3) is 0.462. The van der Waals surface area contributed by atoms with Crippen molar-refractivity contribution in [2.75, 3.05) is 13.1 Å². The Morgan fingerprint density at radius 1 is 1.43 bits per heavy atom. The first-order chi connectivity index (χ1) is 10.1. The van der Waals surface area contributed by atoms with Crippen LogP contribution in [0.2, 0.25) is 0 Å². The Kier molecular flexibility index (Phi) is 3.89. The minimum absolute atomic E-state index is 0.0581. The number of hydrogen-bond acceptors (Lipinski definition) is 6. The smallest absolute Gasteiger partial charge is 0.407 e. The van der Waals surface area contributed by atoms with Crippen LogP contribution in [0.4, 0.5) is 4.79 Å². The normalized spacial score (nSPS) is 17.9. The van der Waals surface area contributed by atoms with Crippen LogP contribution < -0.4 is 0 Å². The number of amides is 1. The first-order valence-electron chi connectivity index (χ1n) is 6.68. The zero-order valence-corrected chi connectivity index (χ0v) is 12.0. The Bertz CT molecular complexity index is 605. The van der Waals surface area contributed by atoms with Crippen LogP contribution in [0, 0.1) is 5.92 Å². The van der Waals surface area contributed by atoms with Crippen molar-refractivity contribution in [3.05, 3.63) is 23.4 Å². The summed E-state index contributed by atoms with van der Waals surface area (Å²) >= 11 is 1.49. The van der Waals surface area contributed by atoms with Crippen molar-refractivity contribution in [3.8, 4) is 10.8 Å². The van der Waals surface area contributed by atoms with Gasteiger partial charge in [-0.25, -0.2) is 4.79 Å². The topological polar surface area (TPSA) is 99.7 Å². The minimum atomic E-state index is -0.916. The molecule has 7 nitrogen and oxygen atoms in total. The van der Waals surface area contributed by atoms with Crippen LogP contribution in [0.3, 0.4) is 0 Å². The molecule has 0 aromatic carbocycles. The highest BCUT2D eigenvalue weighted by atomic mass is 32.1. The van der Waals surface area contributed by atoms with Crippen LogP contribution in [-0.4, -0.2) is 44.5 Å². The van der Waals surface area contributed by atoms with E-state index in [0.717, 1.165) is 4.88 Å². The quantitative estimate of drug-likeness (QED) is 0.901. The molecule has 2 aromatic rings. The fourth-order valence-corrected chi connectivity index (χ4v) is 3.11. The number of hydrogen-bond donors (Lipinski definition) is 2. The van der Waals surface area contributed by atoms with E-state index in [2.05, 4.69) is 10.2 Å². The van der Waals surface area contributed by atoms with E-state index >= 15 is 0 Å². The standard InChI is InChI=1S/C13H15N3O4S/c17-10(8-3-5-16(6-4-8)13(18)19)12-15-14-11(20-12)9-2-1-7-21-9/h1-2,7-8,10,17H,3-6H2,(H,18,19). The van der Waals surface area contributed by atoms with Crippen LogP contribution in [0.1, 0.15) is 24.8 Å². The summed E-state index contributed by atoms with van der Waals surface area (Å²) in [7, 11) is 0. The first kappa shape index (κ1) is 14.0. The maximum absolute atomic E-state index is 10.9. The van der Waals surface area contributed by atoms with Crippen LogP contribution in [-0.2, 0) is 0 Å². The van der Waals surface area contributed by atoms with Crippen LogP contribution in [0.25, 0.3) is 10.8 Å². The molecule has 0 radical (unpaired) electrons. The third kappa shape index (κ3) is 2.91. The van der Waals surface area contributed by atoms with Gasteiger partial charge >= 0.3 is 6.09 Å². The summed E-state index contributed by atoms with van der Waals surface area (Å²) in [5.41, 5.74) is 0. The third-order valence-corrected chi connectivity index (χ3v) is 4.54. The monoisotopic (exact) mass is 309 g/mol. The van der Waals surface area contributed by atoms with Gasteiger partial charge in [0.2, 0.25) is 5.89 Å². The molecule has 1 unspecified atom stereocenters. The Balaban J connectivity index is 1.66. The van der Waals surface area contributed by atoms with Crippen molar-refractivity contribution in [1.82, 2.24) is 15.1 Å². The molecule has 0 spiro atoms. The molecule has 0 aliphatic carbocycles. The first-order valence-corrected chi connectivity index (χ1v) is 7.56. The Hall–Kier alpha value is -1.93. The van der Waals surface area contributed by atoms with E-state index in [1.807, 2.05) is 17.5 Å². The predicted molar refractivity (Wildman–Crippen MR) is 74.9 cm³/mol. The molecule has 0 saturated carbocycles. The number of carboxylic acid groups (broad SMARTS) is 1. The van der Waals surface area contributed by atoms with Gasteiger partial charge < -0.3 is 19.5 Å². The summed E-state index contributed by atoms with van der Waals surface area (Å²) in [6.07, 6.45) is -0.586. The number of piperidine rings is 1. The van der Waals surface area contributed by atoms with Gasteiger partial charge in [-0.2, -0.15) is 0 Å². The Labute approximate surface area is 124 Å². The van der Waals surface area contributed by atoms with Gasteiger partial charge in [-0.15, -0.1) is 21.5 Å². The van der Waals surface area contributed by atoms with Crippen molar-refractivity contribution < 1.29 is 19.4 Å². The summed E-state index contributed by atoms with van der Waals surface area (Å²) in [4.78, 5) is 13.1. The zero-order valence-electron chi connectivity index (χ0n) is 11.2. The van der Waals surface area contributed by atoms with Gasteiger partial charge in [0.1, 0.15) is 6.10 Å². The number of rotatable bonds is 3. The molecule has 1 fully saturated rings. The largest absolute Gasteiger partial charge is 0.465 e. The average molecular weight is 309 g/mol. The van der Waals surface area contributed by atoms with Gasteiger partial charge in [-0.1, -0.05) is 6.07 Å². The van der Waals surface area contributed by atoms with Crippen molar-refractivity contribution in [1.29, 1.82) is 0 Å². The molecule has 1 aliphatic heterocycles. The Morgan fingerprint density at radius 2 is 2.19 bits per heavy atom. The third-order valence-electron chi connectivity index (χ3n) is 3.68. The summed E-state index contributed by atoms with van der Waals surface area (Å²) in [5, 5.41) is 29.0. The number of nitrogens with zero attached hydrogens (tertiary/aromatic N) is 3. The van der Waals surface area contributed by atoms with Crippen molar-refractivity contribution >= 4 is 17.4 Å². The van der Waals surface area contributed by atoms with Crippen LogP contribution in [0.15, 0.2) is 21.9 Å². The summed E-state index contributed by atoms with van der Waals surface area (Å²) < 4.78 is 5.53. The van der Waals surface area contributed by atoms with Gasteiger partial charge in [0, 0.05) is 13.1 Å². The molecule has 8 heteroatoms. The van der Waals surface area contributed by atoms with Crippen molar-refractivity contribution in [3.63, 3.8) is 0 Å². The molecule has 2 aromatic heterocycles. The lowest BCUT2D eigenvalue weighted by Crippen LogP contribution is -2.38. The van der Waals surface area contributed by atoms with E-state index in [-0.39, 0.29) is 11.8 Å². The van der Waals surface area contributed by atoms with Crippen molar-refractivity contribution in [2.24, 2.45) is 5.92 Å². The highest BCUT2D eigenvalue weighted by Crippen LogP contribution is 2.32. The molecule has 1 saturated heterocycles. The van der Waals surface area contributed by atoms with Gasteiger partial charge in [-0.05, 0) is 30.2 Å². The van der Waals surface area contributed by atoms with E-state index in [0.29, 0.717) is 31.8 Å². The second-order valence-electron chi connectivity index (χ2n) is 4.97. The number of aromatic nitrogens is 2. The van der Waals surface area contributed by atoms with E-state index < -0.39 is 12.2 Å². The zero-order chi connectivity index (χ0) is 14.8. The lowest BCUT2D eigenvalue weighted by molar-refractivity contribution is 0.0409. The fourth-order valence-electron chi connectivity index (χ4n) is 2.46. The average Bonchev–Trinajstić information content (AvgIpc) is 3.17. The lowest BCUT2D eigenvalue weighted by atomic mass is 9.91. The molecule has 1 amide bonds. The number of aliphatic hydroxyl groups is 1. The molecule has 0 bridgehead atoms. The second kappa shape index (κ2) is 5.82. The summed E-state index contributed by atoms with van der Waals surface area (Å²) in [6.45, 7) is 0.839. The number of likely N-dealkylation sites (tertiary alicyclic amines) is 1.